The molecule has 0 aliphatic carbocycles. The molecule has 168 valence electrons. The van der Waals surface area contributed by atoms with E-state index in [0.29, 0.717) is 16.7 Å². The summed E-state index contributed by atoms with van der Waals surface area (Å²) in [5, 5.41) is 0.733. The van der Waals surface area contributed by atoms with E-state index < -0.39 is 107 Å². The fourth-order valence-corrected chi connectivity index (χ4v) is 4.83. The molecule has 1 aliphatic heterocycles. The summed E-state index contributed by atoms with van der Waals surface area (Å²) < 4.78 is 139. The first-order valence-electron chi connectivity index (χ1n) is 18.6. The molecule has 2 nitrogen and oxygen atoms in total. The number of aromatic nitrogens is 1. The van der Waals surface area contributed by atoms with Crippen LogP contribution in [0.2, 0.25) is 0 Å². The van der Waals surface area contributed by atoms with Gasteiger partial charge in [0.05, 0.1) is 31.6 Å². The molecule has 0 bridgehead atoms. The molecule has 6 aromatic carbocycles. The van der Waals surface area contributed by atoms with Gasteiger partial charge in [0.15, 0.2) is 0 Å². The van der Waals surface area contributed by atoms with Crippen LogP contribution in [0.5, 0.6) is 11.5 Å². The van der Waals surface area contributed by atoms with Crippen molar-refractivity contribution in [3.05, 3.63) is 127 Å². The quantitative estimate of drug-likeness (QED) is 0.243. The van der Waals surface area contributed by atoms with Crippen molar-refractivity contribution in [3.63, 3.8) is 0 Å². The Morgan fingerprint density at radius 1 is 0.611 bits per heavy atom. The molecule has 0 saturated heterocycles. The van der Waals surface area contributed by atoms with Gasteiger partial charge in [-0.15, -0.1) is 0 Å². The van der Waals surface area contributed by atoms with Crippen LogP contribution in [0.3, 0.4) is 0 Å². The molecule has 0 unspecified atom stereocenters. The molecule has 7 aromatic rings. The summed E-state index contributed by atoms with van der Waals surface area (Å²) >= 11 is 0. The van der Waals surface area contributed by atoms with Gasteiger partial charge >= 0.3 is 0 Å². The molecule has 0 amide bonds. The van der Waals surface area contributed by atoms with Gasteiger partial charge < -0.3 is 9.30 Å². The lowest BCUT2D eigenvalue weighted by Crippen LogP contribution is -1.98. The Hall–Kier alpha value is -4.82. The summed E-state index contributed by atoms with van der Waals surface area (Å²) in [5.41, 5.74) is -1.55. The topological polar surface area (TPSA) is 14.2 Å². The Morgan fingerprint density at radius 2 is 1.42 bits per heavy atom. The Morgan fingerprint density at radius 3 is 2.33 bits per heavy atom. The van der Waals surface area contributed by atoms with Gasteiger partial charge in [-0.2, -0.15) is 0 Å². The summed E-state index contributed by atoms with van der Waals surface area (Å²) in [7, 11) is 0. The highest BCUT2D eigenvalue weighted by molar-refractivity contribution is 6.14. The number of ether oxygens (including phenoxy) is 1. The smallest absolute Gasteiger partial charge is 0.135 e. The molecule has 8 rings (SSSR count). The first-order chi connectivity index (χ1) is 24.1. The van der Waals surface area contributed by atoms with E-state index in [-0.39, 0.29) is 33.2 Å². The number of nitrogens with zero attached hydrogens (tertiary/aromatic N) is 1. The second kappa shape index (κ2) is 7.34. The maximum absolute atomic E-state index is 9.57. The standard InChI is InChI=1S/C34H21NO/c1-2-11-24(12-3-1)35-30-17-5-4-13-26(30)28-16-8-14-25(34(28)35)23-19-20-31-29(21-23)27-15-6-9-22-10-7-18-32(36-31)33(22)27/h1-21H/i1D,2D,3D,4D,5D,8D,11D,12D,13D,14D,16D,17D,19D,20D,21D. The first kappa shape index (κ1) is 10.0. The van der Waals surface area contributed by atoms with Crippen molar-refractivity contribution >= 4 is 32.6 Å². The molecular formula is C34H21NO. The van der Waals surface area contributed by atoms with Crippen molar-refractivity contribution in [2.24, 2.45) is 0 Å². The Bertz CT molecular complexity index is 2760. The third kappa shape index (κ3) is 2.67. The third-order valence-corrected chi connectivity index (χ3v) is 6.30. The van der Waals surface area contributed by atoms with Crippen LogP contribution < -0.4 is 4.74 Å². The molecule has 2 heteroatoms. The fourth-order valence-electron chi connectivity index (χ4n) is 4.83. The fraction of sp³-hybridized carbons (Fsp3) is 0. The highest BCUT2D eigenvalue weighted by atomic mass is 16.5. The first-order valence-corrected chi connectivity index (χ1v) is 11.1. The van der Waals surface area contributed by atoms with E-state index in [4.69, 9.17) is 21.2 Å². The van der Waals surface area contributed by atoms with Crippen LogP contribution in [0.4, 0.5) is 0 Å². The minimum Gasteiger partial charge on any atom is -0.456 e. The van der Waals surface area contributed by atoms with E-state index in [1.165, 1.54) is 0 Å². The van der Waals surface area contributed by atoms with Crippen molar-refractivity contribution in [1.29, 1.82) is 0 Å². The van der Waals surface area contributed by atoms with Crippen molar-refractivity contribution < 1.29 is 25.3 Å². The summed E-state index contributed by atoms with van der Waals surface area (Å²) in [6.07, 6.45) is 0. The second-order valence-corrected chi connectivity index (χ2v) is 8.22. The average Bonchev–Trinajstić information content (AvgIpc) is 3.46. The summed E-state index contributed by atoms with van der Waals surface area (Å²) in [4.78, 5) is 0. The minimum absolute atomic E-state index is 0.0963. The van der Waals surface area contributed by atoms with Crippen LogP contribution >= 0.6 is 0 Å². The zero-order chi connectivity index (χ0) is 36.7. The maximum Gasteiger partial charge on any atom is 0.135 e. The van der Waals surface area contributed by atoms with Crippen molar-refractivity contribution in [2.75, 3.05) is 0 Å². The number of hydrogen-bond acceptors (Lipinski definition) is 1. The number of fused-ring (bicyclic) bond motifs is 5. The van der Waals surface area contributed by atoms with Crippen LogP contribution in [-0.2, 0) is 0 Å². The molecule has 0 spiro atoms. The van der Waals surface area contributed by atoms with E-state index in [0.717, 1.165) is 9.95 Å². The maximum atomic E-state index is 9.57. The molecule has 0 saturated carbocycles. The van der Waals surface area contributed by atoms with Crippen molar-refractivity contribution in [2.45, 2.75) is 0 Å². The molecule has 0 atom stereocenters. The van der Waals surface area contributed by atoms with Crippen molar-refractivity contribution in [3.8, 4) is 39.4 Å². The average molecular weight is 475 g/mol. The zero-order valence-electron chi connectivity index (χ0n) is 33.3. The van der Waals surface area contributed by atoms with E-state index in [2.05, 4.69) is 0 Å². The molecule has 2 heterocycles. The monoisotopic (exact) mass is 474 g/mol. The van der Waals surface area contributed by atoms with E-state index in [9.17, 15) is 4.11 Å². The lowest BCUT2D eigenvalue weighted by atomic mass is 9.92. The van der Waals surface area contributed by atoms with Crippen LogP contribution in [0.15, 0.2) is 127 Å². The third-order valence-electron chi connectivity index (χ3n) is 6.30. The molecule has 1 aromatic heterocycles. The number of rotatable bonds is 2. The van der Waals surface area contributed by atoms with E-state index in [1.807, 2.05) is 12.1 Å². The van der Waals surface area contributed by atoms with Gasteiger partial charge in [-0.1, -0.05) is 90.8 Å². The van der Waals surface area contributed by atoms with Gasteiger partial charge in [0.25, 0.3) is 0 Å². The lowest BCUT2D eigenvalue weighted by molar-refractivity contribution is 0.487. The van der Waals surface area contributed by atoms with Gasteiger partial charge in [-0.05, 0) is 52.8 Å². The highest BCUT2D eigenvalue weighted by Crippen LogP contribution is 2.48. The lowest BCUT2D eigenvalue weighted by Gasteiger charge is -2.22. The molecule has 0 N–H and O–H groups in total. The van der Waals surface area contributed by atoms with Crippen molar-refractivity contribution in [1.82, 2.24) is 4.57 Å². The predicted molar refractivity (Wildman–Crippen MR) is 149 cm³/mol. The van der Waals surface area contributed by atoms with Gasteiger partial charge in [-0.25, -0.2) is 0 Å². The van der Waals surface area contributed by atoms with E-state index >= 15 is 0 Å². The summed E-state index contributed by atoms with van der Waals surface area (Å²) in [6.45, 7) is 0. The molecule has 1 aliphatic rings. The largest absolute Gasteiger partial charge is 0.456 e. The van der Waals surface area contributed by atoms with Crippen LogP contribution in [0.1, 0.15) is 20.6 Å². The Kier molecular flexibility index (Phi) is 2.05. The normalized spacial score (nSPS) is 17.9. The second-order valence-electron chi connectivity index (χ2n) is 8.22. The summed E-state index contributed by atoms with van der Waals surface area (Å²) in [5.74, 6) is 0.299. The number of hydrogen-bond donors (Lipinski definition) is 0. The molecule has 36 heavy (non-hydrogen) atoms. The van der Waals surface area contributed by atoms with Crippen LogP contribution in [0, 0.1) is 0 Å². The van der Waals surface area contributed by atoms with Gasteiger partial charge in [-0.3, -0.25) is 0 Å². The molecular weight excluding hydrogens is 438 g/mol. The number of benzene rings is 6. The minimum atomic E-state index is -0.772. The van der Waals surface area contributed by atoms with Gasteiger partial charge in [0.1, 0.15) is 11.5 Å². The molecule has 0 radical (unpaired) electrons. The predicted octanol–water partition coefficient (Wildman–Crippen LogP) is 9.38. The Balaban J connectivity index is 1.68. The summed E-state index contributed by atoms with van der Waals surface area (Å²) in [6, 6.07) is 0.372. The van der Waals surface area contributed by atoms with Gasteiger partial charge in [0, 0.05) is 33.0 Å². The van der Waals surface area contributed by atoms with Crippen LogP contribution in [-0.4, -0.2) is 4.57 Å². The van der Waals surface area contributed by atoms with Crippen LogP contribution in [0.25, 0.3) is 60.5 Å². The van der Waals surface area contributed by atoms with E-state index in [1.54, 1.807) is 24.3 Å². The Labute approximate surface area is 229 Å². The zero-order valence-corrected chi connectivity index (χ0v) is 18.3. The highest BCUT2D eigenvalue weighted by Gasteiger charge is 2.22. The number of para-hydroxylation sites is 3. The molecule has 0 fully saturated rings. The van der Waals surface area contributed by atoms with Gasteiger partial charge in [0.2, 0.25) is 0 Å². The SMILES string of the molecule is [2H]c1c([2H])c([2H])c(-n2c3c([2H])c([2H])c([2H])c([2H])c3c3c([2H])c([2H])c([2H])c(-c4c([2H])c([2H])c5c(c4[2H])-c4cccc6cccc(c46)O5)c32)c([2H])c1[2H].